The van der Waals surface area contributed by atoms with Gasteiger partial charge in [-0.2, -0.15) is 0 Å². The first kappa shape index (κ1) is 19.9. The molecule has 1 aromatic heterocycles. The lowest BCUT2D eigenvalue weighted by Gasteiger charge is -2.09. The molecule has 0 fully saturated rings. The summed E-state index contributed by atoms with van der Waals surface area (Å²) in [7, 11) is 0. The molecule has 0 spiro atoms. The molecule has 0 aromatic carbocycles. The number of hydrogen-bond donors (Lipinski definition) is 2. The topological polar surface area (TPSA) is 72.5 Å². The van der Waals surface area contributed by atoms with Crippen molar-refractivity contribution in [3.8, 4) is 5.88 Å². The van der Waals surface area contributed by atoms with Gasteiger partial charge in [-0.25, -0.2) is 9.98 Å². The van der Waals surface area contributed by atoms with Gasteiger partial charge in [0.2, 0.25) is 5.88 Å². The largest absolute Gasteiger partial charge is 0.475 e. The van der Waals surface area contributed by atoms with E-state index in [1.807, 2.05) is 26.0 Å². The fourth-order valence-electron chi connectivity index (χ4n) is 1.54. The first-order valence-corrected chi connectivity index (χ1v) is 7.12. The summed E-state index contributed by atoms with van der Waals surface area (Å²) in [6.07, 6.45) is 2.98. The predicted molar refractivity (Wildman–Crippen MR) is 98.2 cm³/mol. The van der Waals surface area contributed by atoms with Gasteiger partial charge in [-0.05, 0) is 31.7 Å². The molecule has 0 aliphatic carbocycles. The number of rotatable bonds is 7. The highest BCUT2D eigenvalue weighted by Gasteiger charge is 2.00. The Morgan fingerprint density at radius 2 is 2.05 bits per heavy atom. The van der Waals surface area contributed by atoms with E-state index < -0.39 is 0 Å². The Balaban J connectivity index is 0.00000400. The van der Waals surface area contributed by atoms with E-state index in [0.29, 0.717) is 24.3 Å². The number of hydrogen-bond acceptors (Lipinski definition) is 3. The van der Waals surface area contributed by atoms with Crippen LogP contribution in [0.4, 0.5) is 0 Å². The summed E-state index contributed by atoms with van der Waals surface area (Å²) in [4.78, 5) is 8.51. The Morgan fingerprint density at radius 3 is 2.57 bits per heavy atom. The van der Waals surface area contributed by atoms with Gasteiger partial charge in [0.25, 0.3) is 0 Å². The highest BCUT2D eigenvalue weighted by atomic mass is 127. The molecule has 3 N–H and O–H groups in total. The van der Waals surface area contributed by atoms with Crippen molar-refractivity contribution in [3.63, 3.8) is 0 Å². The van der Waals surface area contributed by atoms with E-state index in [4.69, 9.17) is 10.5 Å². The average molecular weight is 406 g/mol. The van der Waals surface area contributed by atoms with E-state index >= 15 is 0 Å². The maximum absolute atomic E-state index is 5.80. The Morgan fingerprint density at radius 1 is 1.33 bits per heavy atom. The normalized spacial score (nSPS) is 11.4. The fraction of sp³-hybridized carbons (Fsp3) is 0.600. The fourth-order valence-corrected chi connectivity index (χ4v) is 1.54. The molecule has 0 aliphatic rings. The van der Waals surface area contributed by atoms with Crippen molar-refractivity contribution in [1.29, 1.82) is 0 Å². The molecule has 1 heterocycles. The molecule has 120 valence electrons. The van der Waals surface area contributed by atoms with Crippen LogP contribution in [0.25, 0.3) is 0 Å². The lowest BCUT2D eigenvalue weighted by molar-refractivity contribution is 0.232. The summed E-state index contributed by atoms with van der Waals surface area (Å²) in [6, 6.07) is 3.81. The van der Waals surface area contributed by atoms with Gasteiger partial charge in [0.1, 0.15) is 0 Å². The van der Waals surface area contributed by atoms with Crippen LogP contribution in [0.15, 0.2) is 23.3 Å². The third kappa shape index (κ3) is 9.49. The van der Waals surface area contributed by atoms with Crippen LogP contribution in [-0.2, 0) is 6.54 Å². The SMILES string of the molecule is CC(C)CCNC(N)=NCc1ccc(OC(C)C)nc1.I. The molecule has 6 heteroatoms. The predicted octanol–water partition coefficient (Wildman–Crippen LogP) is 2.94. The Bertz CT molecular complexity index is 418. The molecule has 0 bridgehead atoms. The summed E-state index contributed by atoms with van der Waals surface area (Å²) in [6.45, 7) is 9.69. The van der Waals surface area contributed by atoms with Crippen LogP contribution in [0, 0.1) is 5.92 Å². The molecule has 0 atom stereocenters. The molecule has 0 saturated carbocycles. The smallest absolute Gasteiger partial charge is 0.213 e. The van der Waals surface area contributed by atoms with Crippen LogP contribution in [0.5, 0.6) is 5.88 Å². The summed E-state index contributed by atoms with van der Waals surface area (Å²) in [5.74, 6) is 1.77. The Hall–Kier alpha value is -1.05. The zero-order chi connectivity index (χ0) is 15.0. The molecule has 1 rings (SSSR count). The molecule has 0 saturated heterocycles. The number of halogens is 1. The number of nitrogens with zero attached hydrogens (tertiary/aromatic N) is 2. The Kier molecular flexibility index (Phi) is 10.1. The zero-order valence-corrected chi connectivity index (χ0v) is 15.6. The van der Waals surface area contributed by atoms with Crippen LogP contribution >= 0.6 is 24.0 Å². The number of aromatic nitrogens is 1. The number of pyridine rings is 1. The van der Waals surface area contributed by atoms with Crippen LogP contribution in [0.2, 0.25) is 0 Å². The molecule has 5 nitrogen and oxygen atoms in total. The molecular weight excluding hydrogens is 379 g/mol. The number of nitrogens with one attached hydrogen (secondary N) is 1. The minimum absolute atomic E-state index is 0. The minimum atomic E-state index is 0. The molecule has 1 aromatic rings. The van der Waals surface area contributed by atoms with Crippen LogP contribution in [-0.4, -0.2) is 23.6 Å². The van der Waals surface area contributed by atoms with Gasteiger partial charge in [-0.15, -0.1) is 24.0 Å². The van der Waals surface area contributed by atoms with Gasteiger partial charge in [0.15, 0.2) is 5.96 Å². The van der Waals surface area contributed by atoms with Gasteiger partial charge >= 0.3 is 0 Å². The van der Waals surface area contributed by atoms with Crippen molar-refractivity contribution in [2.24, 2.45) is 16.6 Å². The van der Waals surface area contributed by atoms with E-state index in [1.165, 1.54) is 0 Å². The number of aliphatic imine (C=N–C) groups is 1. The van der Waals surface area contributed by atoms with Crippen LogP contribution < -0.4 is 15.8 Å². The second kappa shape index (κ2) is 10.6. The van der Waals surface area contributed by atoms with Crippen LogP contribution in [0.1, 0.15) is 39.7 Å². The second-order valence-electron chi connectivity index (χ2n) is 5.48. The Labute approximate surface area is 144 Å². The van der Waals surface area contributed by atoms with Gasteiger partial charge < -0.3 is 15.8 Å². The highest BCUT2D eigenvalue weighted by molar-refractivity contribution is 14.0. The van der Waals surface area contributed by atoms with E-state index in [2.05, 4.69) is 29.1 Å². The minimum Gasteiger partial charge on any atom is -0.475 e. The lowest BCUT2D eigenvalue weighted by atomic mass is 10.1. The molecule has 0 unspecified atom stereocenters. The van der Waals surface area contributed by atoms with Crippen molar-refractivity contribution in [2.45, 2.75) is 46.8 Å². The first-order chi connectivity index (χ1) is 9.47. The molecule has 21 heavy (non-hydrogen) atoms. The van der Waals surface area contributed by atoms with E-state index in [1.54, 1.807) is 6.20 Å². The van der Waals surface area contributed by atoms with Crippen molar-refractivity contribution in [3.05, 3.63) is 23.9 Å². The molecule has 0 aliphatic heterocycles. The quantitative estimate of drug-likeness (QED) is 0.415. The third-order valence-corrected chi connectivity index (χ3v) is 2.61. The zero-order valence-electron chi connectivity index (χ0n) is 13.3. The molecule has 0 amide bonds. The van der Waals surface area contributed by atoms with Gasteiger partial charge in [0.05, 0.1) is 12.6 Å². The van der Waals surface area contributed by atoms with Gasteiger partial charge in [-0.3, -0.25) is 0 Å². The summed E-state index contributed by atoms with van der Waals surface area (Å²) >= 11 is 0. The number of nitrogens with two attached hydrogens (primary N) is 1. The summed E-state index contributed by atoms with van der Waals surface area (Å²) < 4.78 is 5.49. The number of guanidine groups is 1. The van der Waals surface area contributed by atoms with Crippen molar-refractivity contribution >= 4 is 29.9 Å². The molecular formula is C15H27IN4O. The third-order valence-electron chi connectivity index (χ3n) is 2.61. The monoisotopic (exact) mass is 406 g/mol. The van der Waals surface area contributed by atoms with Crippen molar-refractivity contribution < 1.29 is 4.74 Å². The summed E-state index contributed by atoms with van der Waals surface area (Å²) in [5.41, 5.74) is 6.81. The van der Waals surface area contributed by atoms with E-state index in [0.717, 1.165) is 18.5 Å². The standard InChI is InChI=1S/C15H26N4O.HI/c1-11(2)7-8-17-15(16)19-10-13-5-6-14(18-9-13)20-12(3)4;/h5-6,9,11-12H,7-8,10H2,1-4H3,(H3,16,17,19);1H. The maximum atomic E-state index is 5.80. The van der Waals surface area contributed by atoms with Crippen molar-refractivity contribution in [2.75, 3.05) is 6.54 Å². The number of ether oxygens (including phenoxy) is 1. The van der Waals surface area contributed by atoms with Gasteiger partial charge in [0, 0.05) is 18.8 Å². The maximum Gasteiger partial charge on any atom is 0.213 e. The molecule has 0 radical (unpaired) electrons. The average Bonchev–Trinajstić information content (AvgIpc) is 2.37. The van der Waals surface area contributed by atoms with Crippen molar-refractivity contribution in [1.82, 2.24) is 10.3 Å². The highest BCUT2D eigenvalue weighted by Crippen LogP contribution is 2.10. The van der Waals surface area contributed by atoms with E-state index in [-0.39, 0.29) is 30.1 Å². The van der Waals surface area contributed by atoms with E-state index in [9.17, 15) is 0 Å². The summed E-state index contributed by atoms with van der Waals surface area (Å²) in [5, 5.41) is 3.10. The second-order valence-corrected chi connectivity index (χ2v) is 5.48. The van der Waals surface area contributed by atoms with Crippen LogP contribution in [0.3, 0.4) is 0 Å². The van der Waals surface area contributed by atoms with Gasteiger partial charge in [-0.1, -0.05) is 19.9 Å². The lowest BCUT2D eigenvalue weighted by Crippen LogP contribution is -2.32. The first-order valence-electron chi connectivity index (χ1n) is 7.12.